The van der Waals surface area contributed by atoms with E-state index >= 15 is 0 Å². The van der Waals surface area contributed by atoms with Gasteiger partial charge in [-0.1, -0.05) is 30.3 Å². The van der Waals surface area contributed by atoms with Gasteiger partial charge in [-0.25, -0.2) is 14.2 Å². The standard InChI is InChI=1S/C20H16FN3O3/c1-13-19(25)23(20(26)24(13)16-9-7-15(21)8-10-16)12-18-22-11-17(27-18)14-5-3-2-4-6-14/h2-11,13H,12H2,1H3. The number of hydrogen-bond donors (Lipinski definition) is 0. The summed E-state index contributed by atoms with van der Waals surface area (Å²) in [6.45, 7) is 1.57. The number of oxazole rings is 1. The second-order valence-corrected chi connectivity index (χ2v) is 6.21. The number of nitrogens with zero attached hydrogens (tertiary/aromatic N) is 3. The molecule has 0 radical (unpaired) electrons. The van der Waals surface area contributed by atoms with Gasteiger partial charge in [0.25, 0.3) is 5.91 Å². The molecule has 2 heterocycles. The lowest BCUT2D eigenvalue weighted by molar-refractivity contribution is -0.127. The molecule has 1 saturated heterocycles. The second-order valence-electron chi connectivity index (χ2n) is 6.21. The van der Waals surface area contributed by atoms with Gasteiger partial charge in [-0.05, 0) is 31.2 Å². The maximum atomic E-state index is 13.1. The Morgan fingerprint density at radius 1 is 1.07 bits per heavy atom. The second kappa shape index (κ2) is 6.68. The number of imide groups is 1. The lowest BCUT2D eigenvalue weighted by Gasteiger charge is -2.19. The number of urea groups is 1. The number of halogens is 1. The van der Waals surface area contributed by atoms with Crippen LogP contribution in [0.1, 0.15) is 12.8 Å². The van der Waals surface area contributed by atoms with Crippen LogP contribution in [0.4, 0.5) is 14.9 Å². The summed E-state index contributed by atoms with van der Waals surface area (Å²) in [6, 6.07) is 13.7. The van der Waals surface area contributed by atoms with Gasteiger partial charge in [0.15, 0.2) is 5.76 Å². The smallest absolute Gasteiger partial charge is 0.332 e. The number of rotatable bonds is 4. The molecule has 1 atom stereocenters. The molecule has 0 aliphatic carbocycles. The molecule has 0 bridgehead atoms. The average molecular weight is 365 g/mol. The predicted octanol–water partition coefficient (Wildman–Crippen LogP) is 3.84. The zero-order valence-electron chi connectivity index (χ0n) is 14.5. The molecule has 1 fully saturated rings. The molecule has 1 aliphatic heterocycles. The van der Waals surface area contributed by atoms with Crippen molar-refractivity contribution in [1.82, 2.24) is 9.88 Å². The molecule has 1 unspecified atom stereocenters. The number of hydrogen-bond acceptors (Lipinski definition) is 4. The molecule has 0 saturated carbocycles. The first-order chi connectivity index (χ1) is 13.0. The van der Waals surface area contributed by atoms with Crippen molar-refractivity contribution in [3.63, 3.8) is 0 Å². The molecule has 1 aliphatic rings. The maximum absolute atomic E-state index is 13.1. The number of aromatic nitrogens is 1. The number of carbonyl (C=O) groups excluding carboxylic acids is 2. The van der Waals surface area contributed by atoms with E-state index in [1.807, 2.05) is 30.3 Å². The molecule has 0 N–H and O–H groups in total. The predicted molar refractivity (Wildman–Crippen MR) is 96.2 cm³/mol. The normalized spacial score (nSPS) is 17.0. The van der Waals surface area contributed by atoms with Crippen LogP contribution >= 0.6 is 0 Å². The Balaban J connectivity index is 1.56. The van der Waals surface area contributed by atoms with E-state index in [4.69, 9.17) is 4.42 Å². The molecule has 6 nitrogen and oxygen atoms in total. The van der Waals surface area contributed by atoms with Crippen LogP contribution in [0.2, 0.25) is 0 Å². The highest BCUT2D eigenvalue weighted by Gasteiger charge is 2.43. The Bertz CT molecular complexity index is 985. The van der Waals surface area contributed by atoms with Crippen molar-refractivity contribution >= 4 is 17.6 Å². The van der Waals surface area contributed by atoms with E-state index in [9.17, 15) is 14.0 Å². The number of carbonyl (C=O) groups is 2. The van der Waals surface area contributed by atoms with Gasteiger partial charge in [-0.15, -0.1) is 0 Å². The lowest BCUT2D eigenvalue weighted by atomic mass is 10.2. The van der Waals surface area contributed by atoms with Crippen molar-refractivity contribution in [2.45, 2.75) is 19.5 Å². The first-order valence-electron chi connectivity index (χ1n) is 8.45. The third kappa shape index (κ3) is 3.08. The summed E-state index contributed by atoms with van der Waals surface area (Å²) < 4.78 is 18.8. The zero-order chi connectivity index (χ0) is 19.0. The van der Waals surface area contributed by atoms with Gasteiger partial charge in [0.05, 0.1) is 6.20 Å². The van der Waals surface area contributed by atoms with E-state index in [1.165, 1.54) is 29.2 Å². The Morgan fingerprint density at radius 3 is 2.48 bits per heavy atom. The van der Waals surface area contributed by atoms with Gasteiger partial charge in [0.2, 0.25) is 5.89 Å². The van der Waals surface area contributed by atoms with E-state index in [-0.39, 0.29) is 18.3 Å². The summed E-state index contributed by atoms with van der Waals surface area (Å²) >= 11 is 0. The van der Waals surface area contributed by atoms with Crippen molar-refractivity contribution in [2.24, 2.45) is 0 Å². The van der Waals surface area contributed by atoms with E-state index in [0.717, 1.165) is 10.5 Å². The molecular weight excluding hydrogens is 349 g/mol. The number of anilines is 1. The highest BCUT2D eigenvalue weighted by Crippen LogP contribution is 2.28. The van der Waals surface area contributed by atoms with Crippen LogP contribution in [0.25, 0.3) is 11.3 Å². The summed E-state index contributed by atoms with van der Waals surface area (Å²) in [4.78, 5) is 31.9. The van der Waals surface area contributed by atoms with Crippen LogP contribution in [-0.4, -0.2) is 27.9 Å². The maximum Gasteiger partial charge on any atom is 0.332 e. The fourth-order valence-electron chi connectivity index (χ4n) is 3.06. The Morgan fingerprint density at radius 2 is 1.78 bits per heavy atom. The highest BCUT2D eigenvalue weighted by molar-refractivity contribution is 6.13. The van der Waals surface area contributed by atoms with Gasteiger partial charge in [0, 0.05) is 11.3 Å². The Labute approximate surface area is 154 Å². The Hall–Kier alpha value is -3.48. The van der Waals surface area contributed by atoms with Crippen molar-refractivity contribution < 1.29 is 18.4 Å². The quantitative estimate of drug-likeness (QED) is 0.659. The summed E-state index contributed by atoms with van der Waals surface area (Å²) in [5.74, 6) is 0.0649. The first kappa shape index (κ1) is 17.0. The molecule has 7 heteroatoms. The monoisotopic (exact) mass is 365 g/mol. The molecule has 3 aromatic rings. The molecule has 0 spiro atoms. The lowest BCUT2D eigenvalue weighted by Crippen LogP contribution is -2.33. The summed E-state index contributed by atoms with van der Waals surface area (Å²) in [5.41, 5.74) is 1.32. The number of amides is 3. The fraction of sp³-hybridized carbons (Fsp3) is 0.150. The third-order valence-corrected chi connectivity index (χ3v) is 4.46. The SMILES string of the molecule is CC1C(=O)N(Cc2ncc(-c3ccccc3)o2)C(=O)N1c1ccc(F)cc1. The van der Waals surface area contributed by atoms with E-state index in [1.54, 1.807) is 13.1 Å². The van der Waals surface area contributed by atoms with Gasteiger partial charge >= 0.3 is 6.03 Å². The molecular formula is C20H16FN3O3. The minimum atomic E-state index is -0.688. The van der Waals surface area contributed by atoms with Crippen LogP contribution in [0, 0.1) is 5.82 Å². The third-order valence-electron chi connectivity index (χ3n) is 4.46. The van der Waals surface area contributed by atoms with Gasteiger partial charge < -0.3 is 4.42 Å². The number of benzene rings is 2. The van der Waals surface area contributed by atoms with Crippen LogP contribution in [0.3, 0.4) is 0 Å². The molecule has 27 heavy (non-hydrogen) atoms. The molecule has 3 amide bonds. The van der Waals surface area contributed by atoms with E-state index in [2.05, 4.69) is 4.98 Å². The molecule has 2 aromatic carbocycles. The topological polar surface area (TPSA) is 66.7 Å². The van der Waals surface area contributed by atoms with E-state index < -0.39 is 17.9 Å². The summed E-state index contributed by atoms with van der Waals surface area (Å²) in [6.07, 6.45) is 1.57. The van der Waals surface area contributed by atoms with Gasteiger partial charge in [-0.2, -0.15) is 0 Å². The molecule has 4 rings (SSSR count). The first-order valence-corrected chi connectivity index (χ1v) is 8.45. The van der Waals surface area contributed by atoms with Gasteiger partial charge in [0.1, 0.15) is 18.4 Å². The van der Waals surface area contributed by atoms with Gasteiger partial charge in [-0.3, -0.25) is 14.6 Å². The minimum absolute atomic E-state index is 0.0630. The zero-order valence-corrected chi connectivity index (χ0v) is 14.5. The van der Waals surface area contributed by atoms with Crippen LogP contribution in [0.15, 0.2) is 65.2 Å². The van der Waals surface area contributed by atoms with Crippen LogP contribution < -0.4 is 4.90 Å². The largest absolute Gasteiger partial charge is 0.439 e. The Kier molecular flexibility index (Phi) is 4.19. The van der Waals surface area contributed by atoms with Crippen LogP contribution in [0.5, 0.6) is 0 Å². The highest BCUT2D eigenvalue weighted by atomic mass is 19.1. The summed E-state index contributed by atoms with van der Waals surface area (Å²) in [7, 11) is 0. The van der Waals surface area contributed by atoms with Crippen molar-refractivity contribution in [3.8, 4) is 11.3 Å². The summed E-state index contributed by atoms with van der Waals surface area (Å²) in [5, 5.41) is 0. The van der Waals surface area contributed by atoms with Crippen LogP contribution in [-0.2, 0) is 11.3 Å². The van der Waals surface area contributed by atoms with Crippen molar-refractivity contribution in [3.05, 3.63) is 72.5 Å². The minimum Gasteiger partial charge on any atom is -0.439 e. The molecule has 136 valence electrons. The average Bonchev–Trinajstić information content (AvgIpc) is 3.23. The molecule has 1 aromatic heterocycles. The van der Waals surface area contributed by atoms with Crippen molar-refractivity contribution in [1.29, 1.82) is 0 Å². The van der Waals surface area contributed by atoms with E-state index in [0.29, 0.717) is 11.4 Å². The fourth-order valence-corrected chi connectivity index (χ4v) is 3.06. The van der Waals surface area contributed by atoms with Crippen molar-refractivity contribution in [2.75, 3.05) is 4.90 Å².